The number of anilines is 2. The molecule has 3 rings (SSSR count). The molecule has 0 aliphatic heterocycles. The highest BCUT2D eigenvalue weighted by atomic mass is 35.5. The first kappa shape index (κ1) is 24.6. The van der Waals surface area contributed by atoms with E-state index in [-0.39, 0.29) is 15.6 Å². The van der Waals surface area contributed by atoms with Crippen molar-refractivity contribution in [1.29, 1.82) is 0 Å². The van der Waals surface area contributed by atoms with Gasteiger partial charge in [-0.2, -0.15) is 13.2 Å². The van der Waals surface area contributed by atoms with Crippen molar-refractivity contribution in [2.24, 2.45) is 0 Å². The van der Waals surface area contributed by atoms with Crippen molar-refractivity contribution >= 4 is 38.9 Å². The number of hydrogen-bond donors (Lipinski definition) is 1. The van der Waals surface area contributed by atoms with Crippen LogP contribution in [-0.4, -0.2) is 20.9 Å². The summed E-state index contributed by atoms with van der Waals surface area (Å²) in [5.74, 6) is -0.941. The first-order chi connectivity index (χ1) is 15.4. The molecule has 0 unspecified atom stereocenters. The number of carbonyl (C=O) groups excluding carboxylic acids is 1. The second-order valence-corrected chi connectivity index (χ2v) is 9.58. The number of hydrogen-bond acceptors (Lipinski definition) is 3. The molecule has 3 aromatic carbocycles. The molecule has 1 N–H and O–H groups in total. The normalized spacial score (nSPS) is 11.8. The van der Waals surface area contributed by atoms with Gasteiger partial charge in [0.15, 0.2) is 0 Å². The van der Waals surface area contributed by atoms with Crippen molar-refractivity contribution < 1.29 is 26.4 Å². The Morgan fingerprint density at radius 1 is 1.00 bits per heavy atom. The maximum atomic E-state index is 13.4. The zero-order chi connectivity index (χ0) is 24.4. The minimum Gasteiger partial charge on any atom is -0.324 e. The Balaban J connectivity index is 2.02. The largest absolute Gasteiger partial charge is 0.418 e. The van der Waals surface area contributed by atoms with Crippen LogP contribution in [0.15, 0.2) is 71.6 Å². The molecule has 0 aliphatic rings. The standard InChI is InChI=1S/C23H20ClF3N2O3S/c1-15-7-6-10-21(16(15)2)29(33(31,32)18-8-4-3-5-9-18)14-22(30)28-20-12-11-17(24)13-19(20)23(25,26)27/h3-13H,14H2,1-2H3,(H,28,30). The number of nitrogens with one attached hydrogen (secondary N) is 1. The summed E-state index contributed by atoms with van der Waals surface area (Å²) in [5.41, 5.74) is 0.00846. The highest BCUT2D eigenvalue weighted by Crippen LogP contribution is 2.36. The molecule has 0 aromatic heterocycles. The van der Waals surface area contributed by atoms with Crippen molar-refractivity contribution in [2.45, 2.75) is 24.9 Å². The van der Waals surface area contributed by atoms with Crippen molar-refractivity contribution in [1.82, 2.24) is 0 Å². The molecule has 0 atom stereocenters. The van der Waals surface area contributed by atoms with Crippen LogP contribution in [0, 0.1) is 13.8 Å². The summed E-state index contributed by atoms with van der Waals surface area (Å²) in [6.45, 7) is 2.76. The van der Waals surface area contributed by atoms with Crippen LogP contribution in [0.1, 0.15) is 16.7 Å². The lowest BCUT2D eigenvalue weighted by atomic mass is 10.1. The van der Waals surface area contributed by atoms with Crippen molar-refractivity contribution in [2.75, 3.05) is 16.2 Å². The zero-order valence-corrected chi connectivity index (χ0v) is 19.2. The third-order valence-electron chi connectivity index (χ3n) is 5.02. The van der Waals surface area contributed by atoms with Crippen LogP contribution in [0.4, 0.5) is 24.5 Å². The average Bonchev–Trinajstić information content (AvgIpc) is 2.75. The molecule has 0 saturated heterocycles. The van der Waals surface area contributed by atoms with E-state index < -0.39 is 39.9 Å². The van der Waals surface area contributed by atoms with Gasteiger partial charge in [-0.1, -0.05) is 41.9 Å². The van der Waals surface area contributed by atoms with Crippen molar-refractivity contribution in [3.8, 4) is 0 Å². The van der Waals surface area contributed by atoms with Crippen LogP contribution in [0.3, 0.4) is 0 Å². The maximum Gasteiger partial charge on any atom is 0.418 e. The fraction of sp³-hybridized carbons (Fsp3) is 0.174. The maximum absolute atomic E-state index is 13.4. The molecule has 33 heavy (non-hydrogen) atoms. The van der Waals surface area contributed by atoms with Gasteiger partial charge < -0.3 is 5.32 Å². The molecule has 0 radical (unpaired) electrons. The van der Waals surface area contributed by atoms with Crippen LogP contribution >= 0.6 is 11.6 Å². The lowest BCUT2D eigenvalue weighted by Crippen LogP contribution is -2.38. The molecule has 0 heterocycles. The third-order valence-corrected chi connectivity index (χ3v) is 7.03. The molecular formula is C23H20ClF3N2O3S. The molecule has 0 saturated carbocycles. The number of nitrogens with zero attached hydrogens (tertiary/aromatic N) is 1. The number of carbonyl (C=O) groups is 1. The van der Waals surface area contributed by atoms with Crippen LogP contribution in [0.2, 0.25) is 5.02 Å². The lowest BCUT2D eigenvalue weighted by molar-refractivity contribution is -0.137. The molecule has 10 heteroatoms. The van der Waals surface area contributed by atoms with E-state index in [0.29, 0.717) is 11.6 Å². The molecule has 0 spiro atoms. The van der Waals surface area contributed by atoms with Gasteiger partial charge in [0.05, 0.1) is 21.8 Å². The molecular weight excluding hydrogens is 477 g/mol. The minimum atomic E-state index is -4.77. The van der Waals surface area contributed by atoms with Crippen LogP contribution < -0.4 is 9.62 Å². The highest BCUT2D eigenvalue weighted by molar-refractivity contribution is 7.92. The van der Waals surface area contributed by atoms with E-state index in [1.54, 1.807) is 38.1 Å². The third kappa shape index (κ3) is 5.48. The Labute approximate surface area is 194 Å². The van der Waals surface area contributed by atoms with Gasteiger partial charge in [0.1, 0.15) is 6.54 Å². The summed E-state index contributed by atoms with van der Waals surface area (Å²) in [4.78, 5) is 12.8. The molecule has 0 bridgehead atoms. The van der Waals surface area contributed by atoms with Gasteiger partial charge in [-0.15, -0.1) is 0 Å². The smallest absolute Gasteiger partial charge is 0.324 e. The summed E-state index contributed by atoms with van der Waals surface area (Å²) in [7, 11) is -4.20. The Morgan fingerprint density at radius 2 is 1.67 bits per heavy atom. The summed E-state index contributed by atoms with van der Waals surface area (Å²) in [6.07, 6.45) is -4.77. The molecule has 5 nitrogen and oxygen atoms in total. The van der Waals surface area contributed by atoms with Crippen LogP contribution in [-0.2, 0) is 21.0 Å². The Hall–Kier alpha value is -3.04. The Bertz CT molecular complexity index is 1280. The number of sulfonamides is 1. The van der Waals surface area contributed by atoms with E-state index in [1.807, 2.05) is 0 Å². The number of amides is 1. The minimum absolute atomic E-state index is 0.0545. The van der Waals surface area contributed by atoms with Gasteiger partial charge >= 0.3 is 6.18 Å². The van der Waals surface area contributed by atoms with Gasteiger partial charge in [0, 0.05) is 5.02 Å². The first-order valence-corrected chi connectivity index (χ1v) is 11.5. The Kier molecular flexibility index (Phi) is 7.04. The monoisotopic (exact) mass is 496 g/mol. The number of rotatable bonds is 6. The van der Waals surface area contributed by atoms with E-state index in [4.69, 9.17) is 11.6 Å². The van der Waals surface area contributed by atoms with Crippen molar-refractivity contribution in [3.63, 3.8) is 0 Å². The Morgan fingerprint density at radius 3 is 2.30 bits per heavy atom. The number of alkyl halides is 3. The van der Waals surface area contributed by atoms with Crippen molar-refractivity contribution in [3.05, 3.63) is 88.4 Å². The SMILES string of the molecule is Cc1cccc(N(CC(=O)Nc2ccc(Cl)cc2C(F)(F)F)S(=O)(=O)c2ccccc2)c1C. The average molecular weight is 497 g/mol. The fourth-order valence-corrected chi connectivity index (χ4v) is 4.88. The van der Waals surface area contributed by atoms with E-state index in [2.05, 4.69) is 5.32 Å². The number of halogens is 4. The van der Waals surface area contributed by atoms with Gasteiger partial charge in [-0.25, -0.2) is 8.42 Å². The van der Waals surface area contributed by atoms with E-state index in [9.17, 15) is 26.4 Å². The summed E-state index contributed by atoms with van der Waals surface area (Å²) in [6, 6.07) is 15.4. The lowest BCUT2D eigenvalue weighted by Gasteiger charge is -2.26. The van der Waals surface area contributed by atoms with E-state index in [1.165, 1.54) is 30.3 Å². The molecule has 174 valence electrons. The molecule has 3 aromatic rings. The summed E-state index contributed by atoms with van der Waals surface area (Å²) < 4.78 is 67.9. The predicted molar refractivity (Wildman–Crippen MR) is 122 cm³/mol. The second-order valence-electron chi connectivity index (χ2n) is 7.28. The number of aryl methyl sites for hydroxylation is 1. The highest BCUT2D eigenvalue weighted by Gasteiger charge is 2.35. The number of benzene rings is 3. The van der Waals surface area contributed by atoms with Crippen LogP contribution in [0.25, 0.3) is 0 Å². The van der Waals surface area contributed by atoms with Gasteiger partial charge in [0.25, 0.3) is 10.0 Å². The molecule has 0 fully saturated rings. The second kappa shape index (κ2) is 9.44. The fourth-order valence-electron chi connectivity index (χ4n) is 3.21. The van der Waals surface area contributed by atoms with Gasteiger partial charge in [0.2, 0.25) is 5.91 Å². The molecule has 0 aliphatic carbocycles. The van der Waals surface area contributed by atoms with Crippen LogP contribution in [0.5, 0.6) is 0 Å². The molecule has 1 amide bonds. The summed E-state index contributed by atoms with van der Waals surface area (Å²) >= 11 is 5.68. The first-order valence-electron chi connectivity index (χ1n) is 9.72. The topological polar surface area (TPSA) is 66.5 Å². The summed E-state index contributed by atoms with van der Waals surface area (Å²) in [5, 5.41) is 2.03. The van der Waals surface area contributed by atoms with E-state index in [0.717, 1.165) is 15.9 Å². The quantitative estimate of drug-likeness (QED) is 0.468. The van der Waals surface area contributed by atoms with E-state index >= 15 is 0 Å². The predicted octanol–water partition coefficient (Wildman–Crippen LogP) is 5.81. The zero-order valence-electron chi connectivity index (χ0n) is 17.7. The van der Waals surface area contributed by atoms with Gasteiger partial charge in [-0.3, -0.25) is 9.10 Å². The van der Waals surface area contributed by atoms with Gasteiger partial charge in [-0.05, 0) is 61.4 Å².